The van der Waals surface area contributed by atoms with Gasteiger partial charge < -0.3 is 5.73 Å². The fraction of sp³-hybridized carbons (Fsp3) is 0.143. The molecule has 0 bridgehead atoms. The molecule has 0 aliphatic heterocycles. The molecule has 124 valence electrons. The van der Waals surface area contributed by atoms with Crippen LogP contribution >= 0.6 is 46.5 Å². The molecule has 2 aromatic rings. The van der Waals surface area contributed by atoms with Crippen LogP contribution in [0.25, 0.3) is 11.0 Å². The number of hydrogen-bond donors (Lipinski definition) is 1. The van der Waals surface area contributed by atoms with Crippen LogP contribution in [0.3, 0.4) is 0 Å². The van der Waals surface area contributed by atoms with Gasteiger partial charge in [-0.1, -0.05) is 41.9 Å². The summed E-state index contributed by atoms with van der Waals surface area (Å²) in [6.45, 7) is 1.99. The molecule has 0 spiro atoms. The number of ketones is 1. The van der Waals surface area contributed by atoms with E-state index in [4.69, 9.17) is 28.9 Å². The van der Waals surface area contributed by atoms with Crippen molar-refractivity contribution in [2.75, 3.05) is 11.5 Å². The second kappa shape index (κ2) is 6.72. The van der Waals surface area contributed by atoms with Gasteiger partial charge in [-0.2, -0.15) is 9.36 Å². The van der Waals surface area contributed by atoms with Gasteiger partial charge in [0.25, 0.3) is 5.56 Å². The molecule has 6 nitrogen and oxygen atoms in total. The van der Waals surface area contributed by atoms with Gasteiger partial charge in [0.2, 0.25) is 10.7 Å². The van der Waals surface area contributed by atoms with E-state index in [1.807, 2.05) is 6.92 Å². The van der Waals surface area contributed by atoms with Gasteiger partial charge in [0, 0.05) is 11.5 Å². The van der Waals surface area contributed by atoms with Crippen LogP contribution in [-0.2, 0) is 4.79 Å². The van der Waals surface area contributed by atoms with E-state index in [0.717, 1.165) is 17.3 Å². The van der Waals surface area contributed by atoms with E-state index in [9.17, 15) is 9.59 Å². The molecule has 0 aromatic carbocycles. The Balaban J connectivity index is 2.20. The van der Waals surface area contributed by atoms with E-state index < -0.39 is 11.3 Å². The number of allylic oxidation sites excluding steroid dienone is 5. The maximum atomic E-state index is 12.3. The largest absolute Gasteiger partial charge is 0.384 e. The SMILES string of the molecule is CCSc1nsc2nc(=O)c(C=C3C=C(Cl)C(=O)C(Cl)=C3)c(N)n12. The Hall–Kier alpha value is -1.61. The van der Waals surface area contributed by atoms with Crippen molar-refractivity contribution in [2.45, 2.75) is 12.1 Å². The first-order valence-electron chi connectivity index (χ1n) is 6.74. The molecule has 0 saturated carbocycles. The predicted octanol–water partition coefficient (Wildman–Crippen LogP) is 3.06. The smallest absolute Gasteiger partial charge is 0.283 e. The van der Waals surface area contributed by atoms with Crippen LogP contribution in [0.5, 0.6) is 0 Å². The van der Waals surface area contributed by atoms with E-state index in [0.29, 0.717) is 15.7 Å². The highest BCUT2D eigenvalue weighted by Gasteiger charge is 2.19. The van der Waals surface area contributed by atoms with Crippen molar-refractivity contribution >= 4 is 69.1 Å². The lowest BCUT2D eigenvalue weighted by Crippen LogP contribution is -2.16. The Bertz CT molecular complexity index is 980. The van der Waals surface area contributed by atoms with E-state index in [1.165, 1.54) is 30.0 Å². The first-order valence-corrected chi connectivity index (χ1v) is 9.25. The van der Waals surface area contributed by atoms with Crippen molar-refractivity contribution in [1.82, 2.24) is 13.8 Å². The van der Waals surface area contributed by atoms with Crippen molar-refractivity contribution < 1.29 is 4.79 Å². The molecule has 3 rings (SSSR count). The van der Waals surface area contributed by atoms with E-state index in [-0.39, 0.29) is 21.4 Å². The Morgan fingerprint density at radius 1 is 1.33 bits per heavy atom. The molecular weight excluding hydrogens is 391 g/mol. The summed E-state index contributed by atoms with van der Waals surface area (Å²) < 4.78 is 5.90. The zero-order valence-electron chi connectivity index (χ0n) is 12.2. The minimum absolute atomic E-state index is 0.0270. The lowest BCUT2D eigenvalue weighted by Gasteiger charge is -2.08. The summed E-state index contributed by atoms with van der Waals surface area (Å²) in [5.74, 6) is 0.574. The minimum Gasteiger partial charge on any atom is -0.384 e. The maximum absolute atomic E-state index is 12.3. The molecule has 0 unspecified atom stereocenters. The van der Waals surface area contributed by atoms with Gasteiger partial charge in [0.1, 0.15) is 5.82 Å². The van der Waals surface area contributed by atoms with Gasteiger partial charge in [0.05, 0.1) is 15.6 Å². The highest BCUT2D eigenvalue weighted by molar-refractivity contribution is 7.99. The number of nitrogens with two attached hydrogens (primary N) is 1. The second-order valence-electron chi connectivity index (χ2n) is 4.69. The number of carbonyl (C=O) groups is 1. The molecule has 24 heavy (non-hydrogen) atoms. The topological polar surface area (TPSA) is 90.3 Å². The van der Waals surface area contributed by atoms with Crippen molar-refractivity contribution in [3.05, 3.63) is 43.7 Å². The Morgan fingerprint density at radius 3 is 2.62 bits per heavy atom. The molecule has 10 heteroatoms. The van der Waals surface area contributed by atoms with Gasteiger partial charge in [-0.15, -0.1) is 0 Å². The second-order valence-corrected chi connectivity index (χ2v) is 7.47. The molecular formula is C14H10Cl2N4O2S2. The zero-order chi connectivity index (χ0) is 17.4. The summed E-state index contributed by atoms with van der Waals surface area (Å²) in [7, 11) is 0. The maximum Gasteiger partial charge on any atom is 0.283 e. The van der Waals surface area contributed by atoms with Gasteiger partial charge in [0.15, 0.2) is 5.16 Å². The molecule has 1 aliphatic rings. The lowest BCUT2D eigenvalue weighted by atomic mass is 10.1. The number of anilines is 1. The fourth-order valence-corrected chi connectivity index (χ4v) is 4.17. The van der Waals surface area contributed by atoms with Crippen molar-refractivity contribution in [3.63, 3.8) is 0 Å². The Labute approximate surface area is 154 Å². The van der Waals surface area contributed by atoms with Crippen molar-refractivity contribution in [3.8, 4) is 0 Å². The average Bonchev–Trinajstić information content (AvgIpc) is 2.92. The Kier molecular flexibility index (Phi) is 4.82. The van der Waals surface area contributed by atoms with Gasteiger partial charge >= 0.3 is 0 Å². The molecule has 2 N–H and O–H groups in total. The van der Waals surface area contributed by atoms with Gasteiger partial charge in [-0.25, -0.2) is 4.40 Å². The summed E-state index contributed by atoms with van der Waals surface area (Å²) in [5, 5.41) is 0.616. The number of nitrogens with zero attached hydrogens (tertiary/aromatic N) is 3. The number of rotatable bonds is 3. The number of nitrogen functional groups attached to an aromatic ring is 1. The highest BCUT2D eigenvalue weighted by Crippen LogP contribution is 2.27. The van der Waals surface area contributed by atoms with Crippen molar-refractivity contribution in [1.29, 1.82) is 0 Å². The molecule has 1 aliphatic carbocycles. The summed E-state index contributed by atoms with van der Waals surface area (Å²) in [6, 6.07) is 0. The van der Waals surface area contributed by atoms with Crippen LogP contribution < -0.4 is 11.3 Å². The molecule has 2 heterocycles. The average molecular weight is 401 g/mol. The van der Waals surface area contributed by atoms with Crippen LogP contribution in [-0.4, -0.2) is 25.3 Å². The first-order chi connectivity index (χ1) is 11.4. The standard InChI is InChI=1S/C14H10Cl2N4O2S2/c1-2-23-14-19-24-13-18-12(22)7(11(17)20(13)14)3-6-4-8(15)10(21)9(16)5-6/h3-5H,2,17H2,1H3. The number of hydrogen-bond acceptors (Lipinski definition) is 7. The summed E-state index contributed by atoms with van der Waals surface area (Å²) >= 11 is 14.3. The summed E-state index contributed by atoms with van der Waals surface area (Å²) in [6.07, 6.45) is 4.36. The minimum atomic E-state index is -0.484. The van der Waals surface area contributed by atoms with Crippen LogP contribution in [0.15, 0.2) is 37.7 Å². The van der Waals surface area contributed by atoms with E-state index in [1.54, 1.807) is 4.40 Å². The monoisotopic (exact) mass is 400 g/mol. The number of halogens is 2. The summed E-state index contributed by atoms with van der Waals surface area (Å²) in [5.41, 5.74) is 6.36. The number of Topliss-reactive ketones (excluding diaryl/α,β-unsaturated/α-hetero) is 1. The van der Waals surface area contributed by atoms with Crippen molar-refractivity contribution in [2.24, 2.45) is 0 Å². The zero-order valence-corrected chi connectivity index (χ0v) is 15.4. The number of aromatic nitrogens is 3. The molecule has 0 atom stereocenters. The Morgan fingerprint density at radius 2 is 2.00 bits per heavy atom. The summed E-state index contributed by atoms with van der Waals surface area (Å²) in [4.78, 5) is 28.3. The third kappa shape index (κ3) is 3.02. The molecule has 0 amide bonds. The fourth-order valence-electron chi connectivity index (χ4n) is 2.08. The first kappa shape index (κ1) is 17.2. The van der Waals surface area contributed by atoms with Crippen LogP contribution in [0, 0.1) is 0 Å². The number of carbonyl (C=O) groups excluding carboxylic acids is 1. The molecule has 0 radical (unpaired) electrons. The molecule has 2 aromatic heterocycles. The normalized spacial score (nSPS) is 14.8. The van der Waals surface area contributed by atoms with Crippen LogP contribution in [0.4, 0.5) is 5.82 Å². The van der Waals surface area contributed by atoms with Gasteiger partial charge in [-0.3, -0.25) is 9.59 Å². The van der Waals surface area contributed by atoms with Gasteiger partial charge in [-0.05, 0) is 29.6 Å². The van der Waals surface area contributed by atoms with Crippen LogP contribution in [0.2, 0.25) is 0 Å². The molecule has 0 saturated heterocycles. The third-order valence-electron chi connectivity index (χ3n) is 3.14. The third-order valence-corrected chi connectivity index (χ3v) is 5.34. The molecule has 0 fully saturated rings. The number of fused-ring (bicyclic) bond motifs is 1. The van der Waals surface area contributed by atoms with Crippen LogP contribution in [0.1, 0.15) is 12.5 Å². The number of thioether (sulfide) groups is 1. The quantitative estimate of drug-likeness (QED) is 0.796. The highest BCUT2D eigenvalue weighted by atomic mass is 35.5. The van der Waals surface area contributed by atoms with E-state index in [2.05, 4.69) is 9.36 Å². The van der Waals surface area contributed by atoms with E-state index >= 15 is 0 Å². The lowest BCUT2D eigenvalue weighted by molar-refractivity contribution is -0.111. The predicted molar refractivity (Wildman–Crippen MR) is 98.8 cm³/mol.